The average Bonchev–Trinajstić information content (AvgIpc) is 3.13. The number of rotatable bonds is 10. The summed E-state index contributed by atoms with van der Waals surface area (Å²) in [6.07, 6.45) is 1.66. The molecule has 0 saturated heterocycles. The van der Waals surface area contributed by atoms with Crippen LogP contribution in [-0.2, 0) is 6.42 Å². The van der Waals surface area contributed by atoms with Crippen LogP contribution >= 0.6 is 0 Å². The molecular weight excluding hydrogens is 440 g/mol. The first-order valence-corrected chi connectivity index (χ1v) is 12.8. The van der Waals surface area contributed by atoms with Gasteiger partial charge in [0, 0.05) is 6.54 Å². The quantitative estimate of drug-likeness (QED) is 0.391. The van der Waals surface area contributed by atoms with E-state index in [1.807, 2.05) is 50.2 Å². The number of carbonyl (C=O) groups is 1. The molecule has 0 saturated carbocycles. The minimum Gasteiger partial charge on any atom is -0.491 e. The Hall–Kier alpha value is -3.12. The standard InChI is InChI=1S/C29H36N2O4/c1-6-20-13-14-24-23(17-20)27(32)25-26(21-11-9-12-22(18-21)34-19(4)5)31(29(33)28(25)35-24)16-10-15-30(7-2)8-3/h9,11-14,17-19,26H,6-8,10,15-16H2,1-5H3. The lowest BCUT2D eigenvalue weighted by molar-refractivity contribution is 0.0719. The van der Waals surface area contributed by atoms with Gasteiger partial charge >= 0.3 is 0 Å². The SMILES string of the molecule is CCc1ccc2oc3c(c(=O)c2c1)C(c1cccc(OC(C)C)c1)N(CCCN(CC)CC)C3=O. The van der Waals surface area contributed by atoms with E-state index in [0.717, 1.165) is 49.4 Å². The van der Waals surface area contributed by atoms with Gasteiger partial charge in [-0.05, 0) is 81.7 Å². The molecule has 2 aromatic carbocycles. The number of fused-ring (bicyclic) bond motifs is 2. The van der Waals surface area contributed by atoms with Crippen molar-refractivity contribution in [3.8, 4) is 5.75 Å². The van der Waals surface area contributed by atoms with Crippen molar-refractivity contribution in [1.82, 2.24) is 9.80 Å². The van der Waals surface area contributed by atoms with Crippen molar-refractivity contribution in [2.45, 2.75) is 59.6 Å². The number of hydrogen-bond donors (Lipinski definition) is 0. The normalized spacial score (nSPS) is 15.5. The first-order chi connectivity index (χ1) is 16.9. The van der Waals surface area contributed by atoms with Gasteiger partial charge in [0.1, 0.15) is 11.3 Å². The second-order valence-electron chi connectivity index (χ2n) is 9.38. The molecule has 1 unspecified atom stereocenters. The van der Waals surface area contributed by atoms with Crippen molar-refractivity contribution >= 4 is 16.9 Å². The molecule has 0 radical (unpaired) electrons. The Morgan fingerprint density at radius 3 is 2.51 bits per heavy atom. The van der Waals surface area contributed by atoms with Crippen LogP contribution in [0.5, 0.6) is 5.75 Å². The Balaban J connectivity index is 1.81. The Labute approximate surface area is 207 Å². The van der Waals surface area contributed by atoms with Crippen LogP contribution in [0.4, 0.5) is 0 Å². The summed E-state index contributed by atoms with van der Waals surface area (Å²) in [6.45, 7) is 13.7. The highest BCUT2D eigenvalue weighted by Gasteiger charge is 2.42. The van der Waals surface area contributed by atoms with Crippen molar-refractivity contribution < 1.29 is 13.9 Å². The van der Waals surface area contributed by atoms with Crippen molar-refractivity contribution in [2.24, 2.45) is 0 Å². The molecule has 1 amide bonds. The molecule has 1 aliphatic rings. The van der Waals surface area contributed by atoms with Crippen LogP contribution in [-0.4, -0.2) is 48.0 Å². The Morgan fingerprint density at radius 1 is 1.06 bits per heavy atom. The van der Waals surface area contributed by atoms with E-state index in [-0.39, 0.29) is 23.2 Å². The second-order valence-corrected chi connectivity index (χ2v) is 9.38. The Morgan fingerprint density at radius 2 is 1.83 bits per heavy atom. The van der Waals surface area contributed by atoms with Gasteiger partial charge in [-0.25, -0.2) is 0 Å². The number of hydrogen-bond acceptors (Lipinski definition) is 5. The van der Waals surface area contributed by atoms with Gasteiger partial charge in [0.25, 0.3) is 5.91 Å². The van der Waals surface area contributed by atoms with E-state index < -0.39 is 6.04 Å². The van der Waals surface area contributed by atoms with E-state index in [1.165, 1.54) is 0 Å². The molecule has 3 aromatic rings. The van der Waals surface area contributed by atoms with E-state index in [0.29, 0.717) is 23.1 Å². The fourth-order valence-electron chi connectivity index (χ4n) is 4.90. The molecule has 6 heteroatoms. The maximum absolute atomic E-state index is 13.8. The highest BCUT2D eigenvalue weighted by Crippen LogP contribution is 2.39. The summed E-state index contributed by atoms with van der Waals surface area (Å²) in [7, 11) is 0. The fraction of sp³-hybridized carbons (Fsp3) is 0.448. The molecular formula is C29H36N2O4. The van der Waals surface area contributed by atoms with E-state index >= 15 is 0 Å². The van der Waals surface area contributed by atoms with Crippen molar-refractivity contribution in [2.75, 3.05) is 26.2 Å². The van der Waals surface area contributed by atoms with Crippen LogP contribution in [0.15, 0.2) is 51.7 Å². The summed E-state index contributed by atoms with van der Waals surface area (Å²) < 4.78 is 12.0. The molecule has 1 aromatic heterocycles. The molecule has 35 heavy (non-hydrogen) atoms. The van der Waals surface area contributed by atoms with Gasteiger partial charge in [0.2, 0.25) is 5.76 Å². The zero-order valence-corrected chi connectivity index (χ0v) is 21.5. The second kappa shape index (κ2) is 10.6. The number of benzene rings is 2. The molecule has 1 atom stereocenters. The minimum absolute atomic E-state index is 0.0226. The van der Waals surface area contributed by atoms with E-state index in [9.17, 15) is 9.59 Å². The molecule has 0 bridgehead atoms. The van der Waals surface area contributed by atoms with Gasteiger partial charge in [-0.2, -0.15) is 0 Å². The van der Waals surface area contributed by atoms with E-state index in [1.54, 1.807) is 11.0 Å². The summed E-state index contributed by atoms with van der Waals surface area (Å²) in [5.41, 5.74) is 2.68. The monoisotopic (exact) mass is 476 g/mol. The Kier molecular flexibility index (Phi) is 7.60. The summed E-state index contributed by atoms with van der Waals surface area (Å²) >= 11 is 0. The molecule has 0 aliphatic carbocycles. The average molecular weight is 477 g/mol. The zero-order chi connectivity index (χ0) is 25.1. The molecule has 186 valence electrons. The number of aryl methyl sites for hydroxylation is 1. The third-order valence-electron chi connectivity index (χ3n) is 6.75. The first-order valence-electron chi connectivity index (χ1n) is 12.8. The van der Waals surface area contributed by atoms with Crippen LogP contribution in [0.3, 0.4) is 0 Å². The fourth-order valence-corrected chi connectivity index (χ4v) is 4.90. The molecule has 2 heterocycles. The third kappa shape index (κ3) is 4.98. The van der Waals surface area contributed by atoms with Crippen LogP contribution in [0, 0.1) is 0 Å². The Bertz CT molecular complexity index is 1260. The van der Waals surface area contributed by atoms with E-state index in [2.05, 4.69) is 25.7 Å². The lowest BCUT2D eigenvalue weighted by atomic mass is 9.97. The molecule has 0 fully saturated rings. The molecule has 6 nitrogen and oxygen atoms in total. The van der Waals surface area contributed by atoms with Crippen LogP contribution in [0.1, 0.15) is 74.3 Å². The van der Waals surface area contributed by atoms with Gasteiger partial charge in [-0.15, -0.1) is 0 Å². The molecule has 4 rings (SSSR count). The van der Waals surface area contributed by atoms with Gasteiger partial charge in [-0.3, -0.25) is 9.59 Å². The number of ether oxygens (including phenoxy) is 1. The molecule has 0 N–H and O–H groups in total. The van der Waals surface area contributed by atoms with Crippen molar-refractivity contribution in [1.29, 1.82) is 0 Å². The predicted molar refractivity (Wildman–Crippen MR) is 139 cm³/mol. The highest BCUT2D eigenvalue weighted by molar-refractivity contribution is 5.99. The largest absolute Gasteiger partial charge is 0.491 e. The smallest absolute Gasteiger partial charge is 0.290 e. The van der Waals surface area contributed by atoms with Gasteiger partial charge < -0.3 is 19.0 Å². The van der Waals surface area contributed by atoms with Gasteiger partial charge in [-0.1, -0.05) is 39.0 Å². The van der Waals surface area contributed by atoms with Gasteiger partial charge in [0.15, 0.2) is 5.43 Å². The van der Waals surface area contributed by atoms with E-state index in [4.69, 9.17) is 9.15 Å². The number of carbonyl (C=O) groups excluding carboxylic acids is 1. The van der Waals surface area contributed by atoms with Crippen molar-refractivity contribution in [3.63, 3.8) is 0 Å². The maximum Gasteiger partial charge on any atom is 0.290 e. The summed E-state index contributed by atoms with van der Waals surface area (Å²) in [5, 5.41) is 0.528. The maximum atomic E-state index is 13.8. The number of nitrogens with zero attached hydrogens (tertiary/aromatic N) is 2. The molecule has 1 aliphatic heterocycles. The lowest BCUT2D eigenvalue weighted by Crippen LogP contribution is -2.33. The zero-order valence-electron chi connectivity index (χ0n) is 21.5. The first kappa shape index (κ1) is 25.0. The highest BCUT2D eigenvalue weighted by atomic mass is 16.5. The minimum atomic E-state index is -0.504. The summed E-state index contributed by atoms with van der Waals surface area (Å²) in [6, 6.07) is 12.9. The lowest BCUT2D eigenvalue weighted by Gasteiger charge is -2.27. The summed E-state index contributed by atoms with van der Waals surface area (Å²) in [4.78, 5) is 31.6. The topological polar surface area (TPSA) is 63.0 Å². The van der Waals surface area contributed by atoms with Crippen LogP contribution < -0.4 is 10.2 Å². The van der Waals surface area contributed by atoms with Crippen molar-refractivity contribution in [3.05, 3.63) is 75.1 Å². The molecule has 0 spiro atoms. The van der Waals surface area contributed by atoms with Crippen LogP contribution in [0.2, 0.25) is 0 Å². The summed E-state index contributed by atoms with van der Waals surface area (Å²) in [5.74, 6) is 0.660. The third-order valence-corrected chi connectivity index (χ3v) is 6.75. The number of amides is 1. The van der Waals surface area contributed by atoms with Crippen LogP contribution in [0.25, 0.3) is 11.0 Å². The van der Waals surface area contributed by atoms with Gasteiger partial charge in [0.05, 0.1) is 23.1 Å². The predicted octanol–water partition coefficient (Wildman–Crippen LogP) is 5.42.